The molecule has 0 radical (unpaired) electrons. The third kappa shape index (κ3) is 4.29. The van der Waals surface area contributed by atoms with Crippen LogP contribution in [0.15, 0.2) is 0 Å². The first kappa shape index (κ1) is 15.0. The predicted octanol–water partition coefficient (Wildman–Crippen LogP) is 1.04. The Morgan fingerprint density at radius 2 is 1.78 bits per heavy atom. The summed E-state index contributed by atoms with van der Waals surface area (Å²) in [5.41, 5.74) is 0. The minimum absolute atomic E-state index is 0.0643. The van der Waals surface area contributed by atoms with Gasteiger partial charge >= 0.3 is 5.97 Å². The Morgan fingerprint density at radius 1 is 1.22 bits per heavy atom. The summed E-state index contributed by atoms with van der Waals surface area (Å²) in [6.07, 6.45) is 2.11. The van der Waals surface area contributed by atoms with E-state index in [9.17, 15) is 9.59 Å². The molecular formula is C13H24N2O3. The van der Waals surface area contributed by atoms with Crippen LogP contribution in [0.5, 0.6) is 0 Å². The van der Waals surface area contributed by atoms with Crippen molar-refractivity contribution < 1.29 is 14.7 Å². The first-order valence-electron chi connectivity index (χ1n) is 6.66. The Labute approximate surface area is 109 Å². The van der Waals surface area contributed by atoms with Gasteiger partial charge in [-0.2, -0.15) is 0 Å². The van der Waals surface area contributed by atoms with Crippen LogP contribution in [-0.2, 0) is 9.59 Å². The van der Waals surface area contributed by atoms with Gasteiger partial charge in [0.1, 0.15) is 0 Å². The molecule has 0 bridgehead atoms. The molecule has 0 aromatic carbocycles. The van der Waals surface area contributed by atoms with Crippen LogP contribution < -0.4 is 0 Å². The summed E-state index contributed by atoms with van der Waals surface area (Å²) in [6.45, 7) is 8.05. The average Bonchev–Trinajstić information content (AvgIpc) is 2.78. The van der Waals surface area contributed by atoms with E-state index >= 15 is 0 Å². The molecular weight excluding hydrogens is 232 g/mol. The number of rotatable bonds is 6. The summed E-state index contributed by atoms with van der Waals surface area (Å²) >= 11 is 0. The lowest BCUT2D eigenvalue weighted by Gasteiger charge is -2.31. The van der Waals surface area contributed by atoms with Crippen LogP contribution in [0.2, 0.25) is 0 Å². The van der Waals surface area contributed by atoms with Gasteiger partial charge in [0, 0.05) is 19.6 Å². The van der Waals surface area contributed by atoms with Crippen LogP contribution >= 0.6 is 0 Å². The van der Waals surface area contributed by atoms with Crippen LogP contribution in [-0.4, -0.2) is 59.0 Å². The summed E-state index contributed by atoms with van der Waals surface area (Å²) in [4.78, 5) is 26.7. The molecule has 1 atom stereocenters. The second-order valence-electron chi connectivity index (χ2n) is 5.43. The second kappa shape index (κ2) is 6.73. The van der Waals surface area contributed by atoms with Crippen molar-refractivity contribution in [1.82, 2.24) is 9.80 Å². The zero-order valence-corrected chi connectivity index (χ0v) is 11.6. The molecule has 1 aliphatic rings. The molecule has 1 heterocycles. The van der Waals surface area contributed by atoms with E-state index in [0.29, 0.717) is 12.5 Å². The molecule has 1 saturated heterocycles. The number of carbonyl (C=O) groups is 2. The first-order chi connectivity index (χ1) is 8.41. The van der Waals surface area contributed by atoms with E-state index in [4.69, 9.17) is 5.11 Å². The van der Waals surface area contributed by atoms with E-state index in [1.807, 2.05) is 25.7 Å². The van der Waals surface area contributed by atoms with Crippen molar-refractivity contribution in [2.24, 2.45) is 5.92 Å². The van der Waals surface area contributed by atoms with Gasteiger partial charge in [0.25, 0.3) is 0 Å². The minimum Gasteiger partial charge on any atom is -0.480 e. The molecule has 0 aliphatic carbocycles. The van der Waals surface area contributed by atoms with E-state index in [1.165, 1.54) is 0 Å². The highest BCUT2D eigenvalue weighted by Gasteiger charge is 2.28. The molecule has 1 unspecified atom stereocenters. The Bertz CT molecular complexity index is 299. The summed E-state index contributed by atoms with van der Waals surface area (Å²) in [6, 6.07) is -0.346. The lowest BCUT2D eigenvalue weighted by molar-refractivity contribution is -0.142. The molecule has 0 saturated carbocycles. The smallest absolute Gasteiger partial charge is 0.317 e. The molecule has 5 nitrogen and oxygen atoms in total. The van der Waals surface area contributed by atoms with Gasteiger partial charge in [0.05, 0.1) is 12.6 Å². The van der Waals surface area contributed by atoms with Crippen molar-refractivity contribution in [3.05, 3.63) is 0 Å². The van der Waals surface area contributed by atoms with Crippen LogP contribution in [0, 0.1) is 5.92 Å². The molecule has 5 heteroatoms. The number of likely N-dealkylation sites (tertiary alicyclic amines) is 1. The maximum Gasteiger partial charge on any atom is 0.317 e. The van der Waals surface area contributed by atoms with Crippen LogP contribution in [0.4, 0.5) is 0 Å². The maximum absolute atomic E-state index is 12.2. The van der Waals surface area contributed by atoms with Gasteiger partial charge in [0.2, 0.25) is 5.91 Å². The van der Waals surface area contributed by atoms with Crippen molar-refractivity contribution in [2.75, 3.05) is 26.2 Å². The van der Waals surface area contributed by atoms with Gasteiger partial charge in [-0.05, 0) is 25.7 Å². The number of carbonyl (C=O) groups excluding carboxylic acids is 1. The SMILES string of the molecule is CC(C)CN(CC(=O)O)C(C)C(=O)N1CCCC1. The molecule has 0 spiro atoms. The highest BCUT2D eigenvalue weighted by molar-refractivity contribution is 5.82. The standard InChI is InChI=1S/C13H24N2O3/c1-10(2)8-15(9-12(16)17)11(3)13(18)14-6-4-5-7-14/h10-11H,4-9H2,1-3H3,(H,16,17). The van der Waals surface area contributed by atoms with Gasteiger partial charge in [0.15, 0.2) is 0 Å². The number of carboxylic acid groups (broad SMARTS) is 1. The minimum atomic E-state index is -0.878. The Kier molecular flexibility index (Phi) is 5.59. The van der Waals surface area contributed by atoms with Gasteiger partial charge in [-0.3, -0.25) is 14.5 Å². The molecule has 0 aromatic heterocycles. The zero-order valence-electron chi connectivity index (χ0n) is 11.6. The van der Waals surface area contributed by atoms with Crippen LogP contribution in [0.25, 0.3) is 0 Å². The highest BCUT2D eigenvalue weighted by atomic mass is 16.4. The van der Waals surface area contributed by atoms with Crippen molar-refractivity contribution >= 4 is 11.9 Å². The van der Waals surface area contributed by atoms with E-state index in [1.54, 1.807) is 4.90 Å². The van der Waals surface area contributed by atoms with Gasteiger partial charge < -0.3 is 10.0 Å². The fourth-order valence-corrected chi connectivity index (χ4v) is 2.36. The molecule has 0 aromatic rings. The molecule has 1 rings (SSSR count). The lowest BCUT2D eigenvalue weighted by atomic mass is 10.1. The monoisotopic (exact) mass is 256 g/mol. The quantitative estimate of drug-likeness (QED) is 0.771. The van der Waals surface area contributed by atoms with E-state index < -0.39 is 5.97 Å². The number of amides is 1. The van der Waals surface area contributed by atoms with Crippen molar-refractivity contribution in [1.29, 1.82) is 0 Å². The van der Waals surface area contributed by atoms with Crippen LogP contribution in [0.3, 0.4) is 0 Å². The topological polar surface area (TPSA) is 60.9 Å². The summed E-state index contributed by atoms with van der Waals surface area (Å²) < 4.78 is 0. The first-order valence-corrected chi connectivity index (χ1v) is 6.66. The van der Waals surface area contributed by atoms with Gasteiger partial charge in [-0.25, -0.2) is 0 Å². The maximum atomic E-state index is 12.2. The zero-order chi connectivity index (χ0) is 13.7. The van der Waals surface area contributed by atoms with Crippen molar-refractivity contribution in [3.63, 3.8) is 0 Å². The Balaban J connectivity index is 2.64. The van der Waals surface area contributed by atoms with E-state index in [-0.39, 0.29) is 18.5 Å². The summed E-state index contributed by atoms with van der Waals surface area (Å²) in [7, 11) is 0. The summed E-state index contributed by atoms with van der Waals surface area (Å²) in [5.74, 6) is -0.468. The molecule has 1 amide bonds. The van der Waals surface area contributed by atoms with Crippen molar-refractivity contribution in [3.8, 4) is 0 Å². The average molecular weight is 256 g/mol. The van der Waals surface area contributed by atoms with Gasteiger partial charge in [-0.15, -0.1) is 0 Å². The van der Waals surface area contributed by atoms with Gasteiger partial charge in [-0.1, -0.05) is 13.8 Å². The third-order valence-corrected chi connectivity index (χ3v) is 3.26. The highest BCUT2D eigenvalue weighted by Crippen LogP contribution is 2.13. The van der Waals surface area contributed by atoms with E-state index in [0.717, 1.165) is 25.9 Å². The largest absolute Gasteiger partial charge is 0.480 e. The lowest BCUT2D eigenvalue weighted by Crippen LogP contribution is -2.49. The number of hydrogen-bond donors (Lipinski definition) is 1. The fourth-order valence-electron chi connectivity index (χ4n) is 2.36. The Hall–Kier alpha value is -1.10. The molecule has 18 heavy (non-hydrogen) atoms. The molecule has 1 aliphatic heterocycles. The number of carboxylic acids is 1. The predicted molar refractivity (Wildman–Crippen MR) is 69.3 cm³/mol. The fraction of sp³-hybridized carbons (Fsp3) is 0.846. The Morgan fingerprint density at radius 3 is 2.22 bits per heavy atom. The van der Waals surface area contributed by atoms with Crippen LogP contribution in [0.1, 0.15) is 33.6 Å². The third-order valence-electron chi connectivity index (χ3n) is 3.26. The molecule has 1 N–H and O–H groups in total. The molecule has 1 fully saturated rings. The number of hydrogen-bond acceptors (Lipinski definition) is 3. The normalized spacial score (nSPS) is 17.5. The van der Waals surface area contributed by atoms with Crippen molar-refractivity contribution in [2.45, 2.75) is 39.7 Å². The van der Waals surface area contributed by atoms with E-state index in [2.05, 4.69) is 0 Å². The number of nitrogens with zero attached hydrogens (tertiary/aromatic N) is 2. The summed E-state index contributed by atoms with van der Waals surface area (Å²) in [5, 5.41) is 8.93. The molecule has 104 valence electrons. The number of aliphatic carboxylic acids is 1. The second-order valence-corrected chi connectivity index (χ2v) is 5.43.